The van der Waals surface area contributed by atoms with Crippen LogP contribution >= 0.6 is 11.3 Å². The first kappa shape index (κ1) is 19.9. The highest BCUT2D eigenvalue weighted by Crippen LogP contribution is 2.21. The summed E-state index contributed by atoms with van der Waals surface area (Å²) in [6.07, 6.45) is 3.22. The number of thiophene rings is 1. The van der Waals surface area contributed by atoms with Gasteiger partial charge in [-0.05, 0) is 72.8 Å². The number of hydrogen-bond donors (Lipinski definition) is 2. The Morgan fingerprint density at radius 3 is 2.43 bits per heavy atom. The minimum absolute atomic E-state index is 0.129. The van der Waals surface area contributed by atoms with Crippen LogP contribution in [0.15, 0.2) is 70.9 Å². The predicted octanol–water partition coefficient (Wildman–Crippen LogP) is 4.82. The van der Waals surface area contributed by atoms with E-state index >= 15 is 0 Å². The molecule has 3 aromatic rings. The minimum Gasteiger partial charge on any atom is -0.323 e. The van der Waals surface area contributed by atoms with Crippen molar-refractivity contribution in [1.82, 2.24) is 0 Å². The van der Waals surface area contributed by atoms with Crippen molar-refractivity contribution in [2.75, 3.05) is 10.0 Å². The van der Waals surface area contributed by atoms with E-state index in [2.05, 4.69) is 16.1 Å². The van der Waals surface area contributed by atoms with Gasteiger partial charge in [-0.2, -0.15) is 0 Å². The van der Waals surface area contributed by atoms with Crippen LogP contribution in [-0.2, 0) is 14.8 Å². The van der Waals surface area contributed by atoms with Crippen LogP contribution in [0.5, 0.6) is 0 Å². The summed E-state index contributed by atoms with van der Waals surface area (Å²) < 4.78 is 27.2. The third kappa shape index (κ3) is 5.09. The second-order valence-corrected chi connectivity index (χ2v) is 8.92. The Morgan fingerprint density at radius 1 is 1.04 bits per heavy atom. The van der Waals surface area contributed by atoms with Gasteiger partial charge in [0.15, 0.2) is 0 Å². The lowest BCUT2D eigenvalue weighted by Gasteiger charge is -2.07. The number of nitrogens with one attached hydrogen (secondary N) is 2. The van der Waals surface area contributed by atoms with E-state index in [0.29, 0.717) is 10.7 Å². The van der Waals surface area contributed by atoms with Gasteiger partial charge in [-0.3, -0.25) is 9.52 Å². The molecule has 0 aliphatic heterocycles. The van der Waals surface area contributed by atoms with Crippen molar-refractivity contribution < 1.29 is 13.2 Å². The van der Waals surface area contributed by atoms with Crippen molar-refractivity contribution in [3.8, 4) is 0 Å². The molecule has 0 bridgehead atoms. The minimum atomic E-state index is -3.65. The zero-order valence-electron chi connectivity index (χ0n) is 15.5. The van der Waals surface area contributed by atoms with E-state index in [0.717, 1.165) is 11.1 Å². The lowest BCUT2D eigenvalue weighted by atomic mass is 10.1. The SMILES string of the molecule is Cc1ccc(C=CC(=O)Nc2ccc(S(=O)(=O)Nc3cccs3)cc2)c(C)c1. The number of carbonyl (C=O) groups is 1. The maximum absolute atomic E-state index is 12.3. The van der Waals surface area contributed by atoms with Crippen molar-refractivity contribution in [2.45, 2.75) is 18.7 Å². The van der Waals surface area contributed by atoms with E-state index in [9.17, 15) is 13.2 Å². The summed E-state index contributed by atoms with van der Waals surface area (Å²) >= 11 is 1.31. The van der Waals surface area contributed by atoms with Crippen LogP contribution in [0.4, 0.5) is 10.7 Å². The maximum atomic E-state index is 12.3. The van der Waals surface area contributed by atoms with Gasteiger partial charge in [0.25, 0.3) is 10.0 Å². The summed E-state index contributed by atoms with van der Waals surface area (Å²) in [5.41, 5.74) is 3.76. The van der Waals surface area contributed by atoms with Crippen LogP contribution in [0.25, 0.3) is 6.08 Å². The molecule has 1 amide bonds. The summed E-state index contributed by atoms with van der Waals surface area (Å²) in [6, 6.07) is 15.5. The van der Waals surface area contributed by atoms with Crippen molar-refractivity contribution in [1.29, 1.82) is 0 Å². The van der Waals surface area contributed by atoms with Crippen LogP contribution in [-0.4, -0.2) is 14.3 Å². The van der Waals surface area contributed by atoms with Crippen molar-refractivity contribution in [2.24, 2.45) is 0 Å². The third-order valence-electron chi connectivity index (χ3n) is 4.03. The predicted molar refractivity (Wildman–Crippen MR) is 115 cm³/mol. The molecular formula is C21H20N2O3S2. The molecule has 0 spiro atoms. The molecule has 7 heteroatoms. The summed E-state index contributed by atoms with van der Waals surface area (Å²) in [5.74, 6) is -0.285. The zero-order chi connectivity index (χ0) is 20.1. The van der Waals surface area contributed by atoms with E-state index in [4.69, 9.17) is 0 Å². The lowest BCUT2D eigenvalue weighted by Crippen LogP contribution is -2.12. The molecule has 0 aliphatic carbocycles. The van der Waals surface area contributed by atoms with Crippen LogP contribution < -0.4 is 10.0 Å². The Hall–Kier alpha value is -2.90. The molecule has 28 heavy (non-hydrogen) atoms. The molecular weight excluding hydrogens is 392 g/mol. The molecule has 0 aliphatic rings. The molecule has 0 saturated carbocycles. The van der Waals surface area contributed by atoms with Gasteiger partial charge in [0.1, 0.15) is 5.00 Å². The number of benzene rings is 2. The van der Waals surface area contributed by atoms with Crippen molar-refractivity contribution in [3.63, 3.8) is 0 Å². The standard InChI is InChI=1S/C21H20N2O3S2/c1-15-5-6-17(16(2)14-15)7-12-20(24)22-18-8-10-19(11-9-18)28(25,26)23-21-4-3-13-27-21/h3-14,23H,1-2H3,(H,22,24). The molecule has 0 atom stereocenters. The van der Waals surface area contributed by atoms with Gasteiger partial charge in [-0.25, -0.2) is 8.42 Å². The van der Waals surface area contributed by atoms with Gasteiger partial charge in [0.05, 0.1) is 4.90 Å². The monoisotopic (exact) mass is 412 g/mol. The number of rotatable bonds is 6. The second-order valence-electron chi connectivity index (χ2n) is 6.29. The fourth-order valence-corrected chi connectivity index (χ4v) is 4.54. The van der Waals surface area contributed by atoms with Crippen LogP contribution in [0.1, 0.15) is 16.7 Å². The number of hydrogen-bond acceptors (Lipinski definition) is 4. The summed E-state index contributed by atoms with van der Waals surface area (Å²) in [4.78, 5) is 12.3. The Bertz CT molecular complexity index is 1100. The smallest absolute Gasteiger partial charge is 0.262 e. The quantitative estimate of drug-likeness (QED) is 0.570. The molecule has 0 unspecified atom stereocenters. The maximum Gasteiger partial charge on any atom is 0.262 e. The molecule has 0 radical (unpaired) electrons. The molecule has 0 fully saturated rings. The van der Waals surface area contributed by atoms with Crippen molar-refractivity contribution in [3.05, 3.63) is 82.7 Å². The third-order valence-corrected chi connectivity index (χ3v) is 6.32. The lowest BCUT2D eigenvalue weighted by molar-refractivity contribution is -0.111. The molecule has 0 saturated heterocycles. The zero-order valence-corrected chi connectivity index (χ0v) is 17.1. The van der Waals surface area contributed by atoms with Crippen LogP contribution in [0.2, 0.25) is 0 Å². The van der Waals surface area contributed by atoms with E-state index in [1.54, 1.807) is 35.7 Å². The number of amides is 1. The van der Waals surface area contributed by atoms with Gasteiger partial charge in [0, 0.05) is 11.8 Å². The van der Waals surface area contributed by atoms with Gasteiger partial charge < -0.3 is 5.32 Å². The Morgan fingerprint density at radius 2 is 1.79 bits per heavy atom. The van der Waals surface area contributed by atoms with Gasteiger partial charge in [-0.1, -0.05) is 23.8 Å². The molecule has 5 nitrogen and oxygen atoms in total. The fraction of sp³-hybridized carbons (Fsp3) is 0.0952. The fourth-order valence-electron chi connectivity index (χ4n) is 2.61. The van der Waals surface area contributed by atoms with Gasteiger partial charge >= 0.3 is 0 Å². The normalized spacial score (nSPS) is 11.5. The van der Waals surface area contributed by atoms with E-state index in [1.807, 2.05) is 26.0 Å². The number of sulfonamides is 1. The Labute approximate surface area is 168 Å². The first-order valence-electron chi connectivity index (χ1n) is 8.56. The summed E-state index contributed by atoms with van der Waals surface area (Å²) in [5, 5.41) is 5.07. The highest BCUT2D eigenvalue weighted by Gasteiger charge is 2.14. The summed E-state index contributed by atoms with van der Waals surface area (Å²) in [6.45, 7) is 4.01. The Kier molecular flexibility index (Phi) is 5.96. The Balaban J connectivity index is 1.65. The van der Waals surface area contributed by atoms with E-state index in [1.165, 1.54) is 35.1 Å². The van der Waals surface area contributed by atoms with Crippen molar-refractivity contribution >= 4 is 44.0 Å². The van der Waals surface area contributed by atoms with Crippen LogP contribution in [0, 0.1) is 13.8 Å². The number of carbonyl (C=O) groups excluding carboxylic acids is 1. The average molecular weight is 413 g/mol. The highest BCUT2D eigenvalue weighted by molar-refractivity contribution is 7.93. The average Bonchev–Trinajstić information content (AvgIpc) is 3.14. The highest BCUT2D eigenvalue weighted by atomic mass is 32.2. The topological polar surface area (TPSA) is 75.3 Å². The first-order valence-corrected chi connectivity index (χ1v) is 10.9. The molecule has 3 rings (SSSR count). The number of aryl methyl sites for hydroxylation is 2. The molecule has 1 aromatic heterocycles. The molecule has 2 N–H and O–H groups in total. The van der Waals surface area contributed by atoms with E-state index < -0.39 is 10.0 Å². The molecule has 1 heterocycles. The summed E-state index contributed by atoms with van der Waals surface area (Å²) in [7, 11) is -3.65. The van der Waals surface area contributed by atoms with E-state index in [-0.39, 0.29) is 10.8 Å². The van der Waals surface area contributed by atoms with Gasteiger partial charge in [0.2, 0.25) is 5.91 Å². The molecule has 144 valence electrons. The van der Waals surface area contributed by atoms with Crippen LogP contribution in [0.3, 0.4) is 0 Å². The first-order chi connectivity index (χ1) is 13.3. The largest absolute Gasteiger partial charge is 0.323 e. The number of anilines is 2. The molecule has 2 aromatic carbocycles. The van der Waals surface area contributed by atoms with Gasteiger partial charge in [-0.15, -0.1) is 11.3 Å². The second kappa shape index (κ2) is 8.41.